The minimum atomic E-state index is 0.377. The zero-order chi connectivity index (χ0) is 14.3. The quantitative estimate of drug-likeness (QED) is 0.873. The van der Waals surface area contributed by atoms with Crippen LogP contribution in [0.5, 0.6) is 0 Å². The third kappa shape index (κ3) is 2.34. The zero-order valence-electron chi connectivity index (χ0n) is 13.0. The van der Waals surface area contributed by atoms with Crippen LogP contribution in [0.15, 0.2) is 0 Å². The highest BCUT2D eigenvalue weighted by molar-refractivity contribution is 5.53. The van der Waals surface area contributed by atoms with E-state index in [1.54, 1.807) is 0 Å². The number of piperidine rings is 1. The Morgan fingerprint density at radius 1 is 1.20 bits per heavy atom. The van der Waals surface area contributed by atoms with Crippen molar-refractivity contribution in [3.05, 3.63) is 11.3 Å². The first-order valence-corrected chi connectivity index (χ1v) is 8.16. The number of anilines is 1. The maximum atomic E-state index is 6.02. The molecule has 0 aromatic carbocycles. The smallest absolute Gasteiger partial charge is 0.154 e. The molecule has 3 rings (SSSR count). The second-order valence-corrected chi connectivity index (χ2v) is 7.03. The Bertz CT molecular complexity index is 457. The molecule has 1 saturated heterocycles. The fourth-order valence-electron chi connectivity index (χ4n) is 3.86. The lowest BCUT2D eigenvalue weighted by Crippen LogP contribution is -2.40. The molecule has 0 spiro atoms. The van der Waals surface area contributed by atoms with E-state index in [0.29, 0.717) is 23.8 Å². The normalized spacial score (nSPS) is 27.9. The Morgan fingerprint density at radius 3 is 2.55 bits per heavy atom. The van der Waals surface area contributed by atoms with Crippen molar-refractivity contribution >= 4 is 5.82 Å². The Balaban J connectivity index is 1.90. The highest BCUT2D eigenvalue weighted by Gasteiger charge is 2.33. The van der Waals surface area contributed by atoms with Gasteiger partial charge in [0, 0.05) is 36.3 Å². The lowest BCUT2D eigenvalue weighted by molar-refractivity contribution is 0.402. The van der Waals surface area contributed by atoms with Gasteiger partial charge < -0.3 is 10.6 Å². The molecule has 1 aromatic heterocycles. The van der Waals surface area contributed by atoms with Gasteiger partial charge in [0.2, 0.25) is 0 Å². The largest absolute Gasteiger partial charge is 0.355 e. The summed E-state index contributed by atoms with van der Waals surface area (Å²) in [4.78, 5) is 2.44. The van der Waals surface area contributed by atoms with E-state index in [1.807, 2.05) is 0 Å². The highest BCUT2D eigenvalue weighted by Crippen LogP contribution is 2.45. The van der Waals surface area contributed by atoms with Gasteiger partial charge in [-0.2, -0.15) is 5.10 Å². The summed E-state index contributed by atoms with van der Waals surface area (Å²) in [6.45, 7) is 9.11. The summed E-state index contributed by atoms with van der Waals surface area (Å²) in [7, 11) is 0. The molecule has 112 valence electrons. The number of nitrogens with two attached hydrogens (primary N) is 1. The van der Waals surface area contributed by atoms with Crippen LogP contribution in [0.25, 0.3) is 0 Å². The summed E-state index contributed by atoms with van der Waals surface area (Å²) in [6, 6.07) is 0.377. The molecule has 2 atom stereocenters. The second kappa shape index (κ2) is 5.40. The summed E-state index contributed by atoms with van der Waals surface area (Å²) >= 11 is 0. The van der Waals surface area contributed by atoms with Gasteiger partial charge in [0.25, 0.3) is 0 Å². The van der Waals surface area contributed by atoms with Crippen LogP contribution in [0.1, 0.15) is 69.5 Å². The second-order valence-electron chi connectivity index (χ2n) is 7.03. The first-order valence-electron chi connectivity index (χ1n) is 8.16. The van der Waals surface area contributed by atoms with Crippen molar-refractivity contribution in [1.29, 1.82) is 0 Å². The molecule has 2 aliphatic rings. The molecule has 1 aliphatic heterocycles. The predicted octanol–water partition coefficient (Wildman–Crippen LogP) is 2.97. The average molecular weight is 276 g/mol. The van der Waals surface area contributed by atoms with Crippen LogP contribution in [-0.2, 0) is 0 Å². The number of H-pyrrole nitrogens is 1. The number of nitrogens with zero attached hydrogens (tertiary/aromatic N) is 2. The summed E-state index contributed by atoms with van der Waals surface area (Å²) in [5.41, 5.74) is 8.92. The summed E-state index contributed by atoms with van der Waals surface area (Å²) in [6.07, 6.45) is 4.75. The molecule has 0 amide bonds. The first-order chi connectivity index (χ1) is 9.58. The number of fused-ring (bicyclic) bond motifs is 1. The molecule has 2 heterocycles. The van der Waals surface area contributed by atoms with Crippen LogP contribution < -0.4 is 10.6 Å². The maximum absolute atomic E-state index is 6.02. The van der Waals surface area contributed by atoms with Crippen molar-refractivity contribution < 1.29 is 0 Å². The van der Waals surface area contributed by atoms with Gasteiger partial charge in [-0.3, -0.25) is 5.10 Å². The summed E-state index contributed by atoms with van der Waals surface area (Å²) < 4.78 is 0. The molecule has 1 aliphatic carbocycles. The van der Waals surface area contributed by atoms with Gasteiger partial charge in [0.05, 0.1) is 0 Å². The maximum Gasteiger partial charge on any atom is 0.154 e. The van der Waals surface area contributed by atoms with E-state index in [-0.39, 0.29) is 0 Å². The number of aromatic amines is 1. The Morgan fingerprint density at radius 2 is 1.90 bits per heavy atom. The van der Waals surface area contributed by atoms with E-state index >= 15 is 0 Å². The minimum absolute atomic E-state index is 0.377. The molecular weight excluding hydrogens is 248 g/mol. The fourth-order valence-corrected chi connectivity index (χ4v) is 3.86. The van der Waals surface area contributed by atoms with Gasteiger partial charge in [-0.15, -0.1) is 0 Å². The third-order valence-corrected chi connectivity index (χ3v) is 5.23. The fraction of sp³-hybridized carbons (Fsp3) is 0.812. The van der Waals surface area contributed by atoms with E-state index in [1.165, 1.54) is 29.9 Å². The van der Waals surface area contributed by atoms with Crippen molar-refractivity contribution in [3.63, 3.8) is 0 Å². The van der Waals surface area contributed by atoms with Gasteiger partial charge in [0.1, 0.15) is 0 Å². The standard InChI is InChI=1S/C16H28N4/c1-10(2)13-5-4-11(3)14-15(13)18-19-16(14)20-8-6-12(17)7-9-20/h10-13H,4-9,17H2,1-3H3,(H,18,19). The summed E-state index contributed by atoms with van der Waals surface area (Å²) in [5.74, 6) is 3.17. The van der Waals surface area contributed by atoms with Crippen LogP contribution in [0.4, 0.5) is 5.82 Å². The molecule has 4 nitrogen and oxygen atoms in total. The van der Waals surface area contributed by atoms with Gasteiger partial charge in [-0.25, -0.2) is 0 Å². The average Bonchev–Trinajstić information content (AvgIpc) is 2.85. The predicted molar refractivity (Wildman–Crippen MR) is 83.2 cm³/mol. The molecule has 20 heavy (non-hydrogen) atoms. The molecule has 0 saturated carbocycles. The highest BCUT2D eigenvalue weighted by atomic mass is 15.3. The number of nitrogens with one attached hydrogen (secondary N) is 1. The first kappa shape index (κ1) is 13.9. The molecule has 0 bridgehead atoms. The van der Waals surface area contributed by atoms with E-state index in [0.717, 1.165) is 25.9 Å². The molecule has 0 radical (unpaired) electrons. The molecule has 1 aromatic rings. The monoisotopic (exact) mass is 276 g/mol. The van der Waals surface area contributed by atoms with Crippen LogP contribution in [0.3, 0.4) is 0 Å². The molecule has 4 heteroatoms. The van der Waals surface area contributed by atoms with Crippen LogP contribution in [0, 0.1) is 5.92 Å². The van der Waals surface area contributed by atoms with E-state index in [9.17, 15) is 0 Å². The molecule has 3 N–H and O–H groups in total. The Labute approximate surface area is 122 Å². The van der Waals surface area contributed by atoms with Crippen molar-refractivity contribution in [3.8, 4) is 0 Å². The molecule has 1 fully saturated rings. The van der Waals surface area contributed by atoms with E-state index < -0.39 is 0 Å². The van der Waals surface area contributed by atoms with Crippen molar-refractivity contribution in [1.82, 2.24) is 10.2 Å². The molecular formula is C16H28N4. The van der Waals surface area contributed by atoms with Crippen molar-refractivity contribution in [2.45, 2.75) is 64.3 Å². The minimum Gasteiger partial charge on any atom is -0.355 e. The number of rotatable bonds is 2. The molecule has 2 unspecified atom stereocenters. The lowest BCUT2D eigenvalue weighted by Gasteiger charge is -2.34. The van der Waals surface area contributed by atoms with E-state index in [2.05, 4.69) is 35.9 Å². The van der Waals surface area contributed by atoms with Crippen molar-refractivity contribution in [2.75, 3.05) is 18.0 Å². The van der Waals surface area contributed by atoms with Gasteiger partial charge in [-0.1, -0.05) is 20.8 Å². The van der Waals surface area contributed by atoms with Crippen LogP contribution in [0.2, 0.25) is 0 Å². The lowest BCUT2D eigenvalue weighted by atomic mass is 9.76. The number of hydrogen-bond acceptors (Lipinski definition) is 3. The van der Waals surface area contributed by atoms with Gasteiger partial charge >= 0.3 is 0 Å². The number of aromatic nitrogens is 2. The van der Waals surface area contributed by atoms with Gasteiger partial charge in [-0.05, 0) is 37.5 Å². The summed E-state index contributed by atoms with van der Waals surface area (Å²) in [5, 5.41) is 8.06. The topological polar surface area (TPSA) is 57.9 Å². The van der Waals surface area contributed by atoms with Crippen LogP contribution >= 0.6 is 0 Å². The number of hydrogen-bond donors (Lipinski definition) is 2. The van der Waals surface area contributed by atoms with E-state index in [4.69, 9.17) is 5.73 Å². The SMILES string of the molecule is CC1CCC(C(C)C)c2[nH]nc(N3CCC(N)CC3)c21. The Kier molecular flexibility index (Phi) is 3.76. The zero-order valence-corrected chi connectivity index (χ0v) is 13.0. The van der Waals surface area contributed by atoms with Gasteiger partial charge in [0.15, 0.2) is 5.82 Å². The Hall–Kier alpha value is -1.03. The third-order valence-electron chi connectivity index (χ3n) is 5.23. The van der Waals surface area contributed by atoms with Crippen molar-refractivity contribution in [2.24, 2.45) is 11.7 Å². The van der Waals surface area contributed by atoms with Crippen LogP contribution in [-0.4, -0.2) is 29.3 Å².